The Labute approximate surface area is 121 Å². The summed E-state index contributed by atoms with van der Waals surface area (Å²) in [6.45, 7) is -0.0385. The van der Waals surface area contributed by atoms with Gasteiger partial charge in [-0.1, -0.05) is 12.1 Å². The standard InChI is InChI=1S/C13H14FNO3S2/c1-15(12-5-3-2-4-11(12)14)20(17,18)13-7-6-10(19-13)8-9-16/h2-7,16H,8-9H2,1H3. The summed E-state index contributed by atoms with van der Waals surface area (Å²) >= 11 is 1.08. The number of anilines is 1. The predicted octanol–water partition coefficient (Wildman–Crippen LogP) is 2.25. The van der Waals surface area contributed by atoms with E-state index >= 15 is 0 Å². The van der Waals surface area contributed by atoms with Crippen molar-refractivity contribution in [2.75, 3.05) is 18.0 Å². The summed E-state index contributed by atoms with van der Waals surface area (Å²) in [4.78, 5) is 0.771. The number of hydrogen-bond acceptors (Lipinski definition) is 4. The molecule has 0 saturated heterocycles. The molecule has 0 atom stereocenters. The van der Waals surface area contributed by atoms with Gasteiger partial charge in [-0.3, -0.25) is 4.31 Å². The van der Waals surface area contributed by atoms with Crippen LogP contribution in [-0.4, -0.2) is 27.2 Å². The van der Waals surface area contributed by atoms with Gasteiger partial charge in [-0.25, -0.2) is 12.8 Å². The summed E-state index contributed by atoms with van der Waals surface area (Å²) in [5, 5.41) is 8.85. The van der Waals surface area contributed by atoms with Crippen molar-refractivity contribution in [1.29, 1.82) is 0 Å². The number of para-hydroxylation sites is 1. The average Bonchev–Trinajstić information content (AvgIpc) is 2.88. The fourth-order valence-electron chi connectivity index (χ4n) is 1.71. The van der Waals surface area contributed by atoms with Crippen molar-refractivity contribution in [1.82, 2.24) is 0 Å². The maximum atomic E-state index is 13.7. The fourth-order valence-corrected chi connectivity index (χ4v) is 4.43. The van der Waals surface area contributed by atoms with Gasteiger partial charge in [-0.15, -0.1) is 11.3 Å². The third-order valence-electron chi connectivity index (χ3n) is 2.80. The van der Waals surface area contributed by atoms with E-state index in [0.29, 0.717) is 6.42 Å². The zero-order valence-corrected chi connectivity index (χ0v) is 12.4. The van der Waals surface area contributed by atoms with Crippen LogP contribution in [0, 0.1) is 5.82 Å². The summed E-state index contributed by atoms with van der Waals surface area (Å²) in [5.74, 6) is -0.592. The summed E-state index contributed by atoms with van der Waals surface area (Å²) in [6, 6.07) is 8.84. The Kier molecular flexibility index (Phi) is 4.42. The van der Waals surface area contributed by atoms with Gasteiger partial charge in [-0.05, 0) is 24.3 Å². The molecule has 1 heterocycles. The second kappa shape index (κ2) is 5.90. The zero-order valence-electron chi connectivity index (χ0n) is 10.8. The molecule has 0 aliphatic rings. The molecule has 0 spiro atoms. The van der Waals surface area contributed by atoms with E-state index in [9.17, 15) is 12.8 Å². The van der Waals surface area contributed by atoms with Crippen LogP contribution in [0.3, 0.4) is 0 Å². The minimum absolute atomic E-state index is 0.00427. The summed E-state index contributed by atoms with van der Waals surface area (Å²) in [6.07, 6.45) is 0.406. The Morgan fingerprint density at radius 1 is 1.25 bits per heavy atom. The minimum atomic E-state index is -3.78. The van der Waals surface area contributed by atoms with Crippen LogP contribution in [0.2, 0.25) is 0 Å². The predicted molar refractivity (Wildman–Crippen MR) is 77.1 cm³/mol. The lowest BCUT2D eigenvalue weighted by atomic mass is 10.3. The first-order valence-corrected chi connectivity index (χ1v) is 8.15. The van der Waals surface area contributed by atoms with Crippen molar-refractivity contribution < 1.29 is 17.9 Å². The average molecular weight is 315 g/mol. The van der Waals surface area contributed by atoms with Crippen LogP contribution < -0.4 is 4.31 Å². The zero-order chi connectivity index (χ0) is 14.8. The van der Waals surface area contributed by atoms with Gasteiger partial charge < -0.3 is 5.11 Å². The van der Waals surface area contributed by atoms with E-state index in [0.717, 1.165) is 20.5 Å². The van der Waals surface area contributed by atoms with E-state index in [4.69, 9.17) is 5.11 Å². The molecule has 0 aliphatic carbocycles. The number of benzene rings is 1. The maximum Gasteiger partial charge on any atom is 0.273 e. The van der Waals surface area contributed by atoms with Gasteiger partial charge in [-0.2, -0.15) is 0 Å². The highest BCUT2D eigenvalue weighted by Crippen LogP contribution is 2.29. The highest BCUT2D eigenvalue weighted by molar-refractivity contribution is 7.94. The van der Waals surface area contributed by atoms with E-state index in [-0.39, 0.29) is 16.5 Å². The van der Waals surface area contributed by atoms with Crippen LogP contribution in [-0.2, 0) is 16.4 Å². The number of halogens is 1. The molecule has 0 fully saturated rings. The van der Waals surface area contributed by atoms with Crippen LogP contribution in [0.1, 0.15) is 4.88 Å². The Balaban J connectivity index is 2.36. The maximum absolute atomic E-state index is 13.7. The Morgan fingerprint density at radius 2 is 1.95 bits per heavy atom. The molecule has 1 aromatic heterocycles. The van der Waals surface area contributed by atoms with Crippen LogP contribution >= 0.6 is 11.3 Å². The van der Waals surface area contributed by atoms with Gasteiger partial charge in [0.2, 0.25) is 0 Å². The smallest absolute Gasteiger partial charge is 0.273 e. The molecule has 0 radical (unpaired) electrons. The van der Waals surface area contributed by atoms with Crippen molar-refractivity contribution in [3.63, 3.8) is 0 Å². The van der Waals surface area contributed by atoms with E-state index in [1.54, 1.807) is 12.1 Å². The van der Waals surface area contributed by atoms with Crippen molar-refractivity contribution >= 4 is 27.0 Å². The molecular formula is C13H14FNO3S2. The molecule has 2 rings (SSSR count). The van der Waals surface area contributed by atoms with Crippen molar-refractivity contribution in [3.8, 4) is 0 Å². The third kappa shape index (κ3) is 2.84. The topological polar surface area (TPSA) is 57.6 Å². The number of thiophene rings is 1. The van der Waals surface area contributed by atoms with Gasteiger partial charge in [0.25, 0.3) is 10.0 Å². The molecule has 108 valence electrons. The Bertz CT molecular complexity index is 697. The molecule has 0 unspecified atom stereocenters. The number of rotatable bonds is 5. The molecule has 1 aromatic carbocycles. The SMILES string of the molecule is CN(c1ccccc1F)S(=O)(=O)c1ccc(CCO)s1. The fraction of sp³-hybridized carbons (Fsp3) is 0.231. The van der Waals surface area contributed by atoms with Crippen molar-refractivity contribution in [2.24, 2.45) is 0 Å². The lowest BCUT2D eigenvalue weighted by Gasteiger charge is -2.18. The molecule has 20 heavy (non-hydrogen) atoms. The molecule has 0 aliphatic heterocycles. The van der Waals surface area contributed by atoms with Crippen LogP contribution in [0.4, 0.5) is 10.1 Å². The number of aliphatic hydroxyl groups excluding tert-OH is 1. The van der Waals surface area contributed by atoms with E-state index < -0.39 is 15.8 Å². The van der Waals surface area contributed by atoms with Crippen LogP contribution in [0.15, 0.2) is 40.6 Å². The van der Waals surface area contributed by atoms with Gasteiger partial charge in [0.05, 0.1) is 5.69 Å². The number of hydrogen-bond donors (Lipinski definition) is 1. The largest absolute Gasteiger partial charge is 0.396 e. The lowest BCUT2D eigenvalue weighted by Crippen LogP contribution is -2.26. The van der Waals surface area contributed by atoms with Gasteiger partial charge >= 0.3 is 0 Å². The second-order valence-electron chi connectivity index (χ2n) is 4.12. The van der Waals surface area contributed by atoms with Crippen LogP contribution in [0.5, 0.6) is 0 Å². The summed E-state index contributed by atoms with van der Waals surface area (Å²) in [5.41, 5.74) is 0.00427. The van der Waals surface area contributed by atoms with Crippen molar-refractivity contribution in [3.05, 3.63) is 47.1 Å². The highest BCUT2D eigenvalue weighted by Gasteiger charge is 2.25. The van der Waals surface area contributed by atoms with Gasteiger partial charge in [0.15, 0.2) is 0 Å². The number of aliphatic hydroxyl groups is 1. The van der Waals surface area contributed by atoms with E-state index in [1.807, 2.05) is 0 Å². The molecular weight excluding hydrogens is 301 g/mol. The first-order valence-electron chi connectivity index (χ1n) is 5.90. The highest BCUT2D eigenvalue weighted by atomic mass is 32.2. The van der Waals surface area contributed by atoms with Gasteiger partial charge in [0, 0.05) is 25.0 Å². The molecule has 4 nitrogen and oxygen atoms in total. The molecule has 0 saturated carbocycles. The van der Waals surface area contributed by atoms with E-state index in [1.165, 1.54) is 31.3 Å². The molecule has 2 aromatic rings. The second-order valence-corrected chi connectivity index (χ2v) is 7.48. The molecule has 1 N–H and O–H groups in total. The minimum Gasteiger partial charge on any atom is -0.396 e. The third-order valence-corrected chi connectivity index (χ3v) is 6.19. The quantitative estimate of drug-likeness (QED) is 0.920. The Hall–Kier alpha value is -1.44. The number of nitrogens with zero attached hydrogens (tertiary/aromatic N) is 1. The van der Waals surface area contributed by atoms with Crippen molar-refractivity contribution in [2.45, 2.75) is 10.6 Å². The summed E-state index contributed by atoms with van der Waals surface area (Å²) < 4.78 is 39.6. The van der Waals surface area contributed by atoms with E-state index in [2.05, 4.69) is 0 Å². The van der Waals surface area contributed by atoms with Gasteiger partial charge in [0.1, 0.15) is 10.0 Å². The van der Waals surface area contributed by atoms with Crippen LogP contribution in [0.25, 0.3) is 0 Å². The normalized spacial score (nSPS) is 11.6. The molecule has 0 amide bonds. The summed E-state index contributed by atoms with van der Waals surface area (Å²) in [7, 11) is -2.46. The molecule has 0 bridgehead atoms. The first-order chi connectivity index (χ1) is 9.46. The Morgan fingerprint density at radius 3 is 2.60 bits per heavy atom. The lowest BCUT2D eigenvalue weighted by molar-refractivity contribution is 0.300. The number of sulfonamides is 1. The first kappa shape index (κ1) is 15.0. The molecule has 7 heteroatoms. The monoisotopic (exact) mass is 315 g/mol.